The van der Waals surface area contributed by atoms with Crippen LogP contribution in [0.25, 0.3) is 22.3 Å². The molecule has 0 saturated heterocycles. The van der Waals surface area contributed by atoms with Crippen LogP contribution < -0.4 is 15.4 Å². The minimum absolute atomic E-state index is 0. The molecule has 1 aliphatic rings. The zero-order valence-electron chi connectivity index (χ0n) is 20.0. The number of hydrogen-bond acceptors (Lipinski definition) is 9. The maximum atomic E-state index is 15.2. The van der Waals surface area contributed by atoms with E-state index in [1.165, 1.54) is 18.7 Å². The normalized spacial score (nSPS) is 15.3. The number of benzene rings is 1. The van der Waals surface area contributed by atoms with Gasteiger partial charge in [0.25, 0.3) is 0 Å². The molecule has 2 N–H and O–H groups in total. The minimum Gasteiger partial charge on any atom is -0.457 e. The molecule has 1 aliphatic heterocycles. The molecule has 0 unspecified atom stereocenters. The van der Waals surface area contributed by atoms with Crippen LogP contribution in [-0.2, 0) is 0 Å². The lowest BCUT2D eigenvalue weighted by molar-refractivity contribution is 0.473. The largest absolute Gasteiger partial charge is 0.457 e. The van der Waals surface area contributed by atoms with E-state index in [0.717, 1.165) is 24.1 Å². The molecule has 1 aromatic carbocycles. The third kappa shape index (κ3) is 4.91. The van der Waals surface area contributed by atoms with Gasteiger partial charge in [-0.2, -0.15) is 5.10 Å². The van der Waals surface area contributed by atoms with Gasteiger partial charge in [-0.25, -0.2) is 33.8 Å². The van der Waals surface area contributed by atoms with Gasteiger partial charge in [-0.05, 0) is 50.1 Å². The molecule has 0 amide bonds. The smallest absolute Gasteiger partial charge is 0.160 e. The van der Waals surface area contributed by atoms with Crippen molar-refractivity contribution < 1.29 is 9.13 Å². The van der Waals surface area contributed by atoms with E-state index in [4.69, 9.17) is 9.72 Å². The summed E-state index contributed by atoms with van der Waals surface area (Å²) in [5, 5.41) is 10.5. The number of nitrogens with one attached hydrogen (secondary N) is 2. The lowest BCUT2D eigenvalue weighted by Crippen LogP contribution is -2.29. The van der Waals surface area contributed by atoms with Crippen LogP contribution in [0.15, 0.2) is 55.4 Å². The van der Waals surface area contributed by atoms with Crippen molar-refractivity contribution in [2.24, 2.45) is 0 Å². The van der Waals surface area contributed by atoms with Crippen molar-refractivity contribution in [2.45, 2.75) is 26.3 Å². The van der Waals surface area contributed by atoms with E-state index in [1.54, 1.807) is 35.1 Å². The summed E-state index contributed by atoms with van der Waals surface area (Å²) in [5.41, 5.74) is 3.78. The van der Waals surface area contributed by atoms with Gasteiger partial charge in [0.05, 0.1) is 11.9 Å². The highest BCUT2D eigenvalue weighted by Crippen LogP contribution is 2.32. The molecule has 0 bridgehead atoms. The molecule has 12 heteroatoms. The molecule has 4 aromatic heterocycles. The first-order valence-corrected chi connectivity index (χ1v) is 11.5. The molecule has 6 rings (SSSR count). The summed E-state index contributed by atoms with van der Waals surface area (Å²) >= 11 is 0. The van der Waals surface area contributed by atoms with Gasteiger partial charge in [0, 0.05) is 24.4 Å². The molecule has 10 nitrogen and oxygen atoms in total. The zero-order chi connectivity index (χ0) is 24.6. The van der Waals surface area contributed by atoms with Gasteiger partial charge >= 0.3 is 0 Å². The highest BCUT2D eigenvalue weighted by molar-refractivity contribution is 5.87. The third-order valence-corrected chi connectivity index (χ3v) is 5.97. The predicted octanol–water partition coefficient (Wildman–Crippen LogP) is 4.63. The van der Waals surface area contributed by atoms with Crippen molar-refractivity contribution in [1.82, 2.24) is 39.9 Å². The number of pyridine rings is 1. The van der Waals surface area contributed by atoms with Crippen LogP contribution in [0.1, 0.15) is 24.7 Å². The van der Waals surface area contributed by atoms with Gasteiger partial charge in [-0.1, -0.05) is 6.08 Å². The standard InChI is InChI=1S/C25H22FN9O.ClH/c1-14-7-19(18(26)10-21(14)36-17-4-6-35-22(9-17)30-13-32-35)33-25-23-20(29-12-31-25)11-28-24(34-23)16-3-5-27-15(2)8-16;/h4,6-13,15,27H,3,5H2,1-2H3,(H,29,31,33);1H/t15-;/m0./s1. The topological polar surface area (TPSA) is 115 Å². The van der Waals surface area contributed by atoms with Crippen LogP contribution in [0.3, 0.4) is 0 Å². The summed E-state index contributed by atoms with van der Waals surface area (Å²) in [6, 6.07) is 6.74. The highest BCUT2D eigenvalue weighted by Gasteiger charge is 2.17. The van der Waals surface area contributed by atoms with E-state index in [9.17, 15) is 0 Å². The number of aromatic nitrogens is 7. The van der Waals surface area contributed by atoms with Crippen molar-refractivity contribution in [1.29, 1.82) is 0 Å². The van der Waals surface area contributed by atoms with Crippen molar-refractivity contribution in [3.05, 3.63) is 72.6 Å². The Morgan fingerprint density at radius 2 is 2.03 bits per heavy atom. The van der Waals surface area contributed by atoms with Crippen molar-refractivity contribution >= 4 is 46.2 Å². The number of rotatable bonds is 5. The van der Waals surface area contributed by atoms with Crippen LogP contribution in [-0.4, -0.2) is 47.1 Å². The summed E-state index contributed by atoms with van der Waals surface area (Å²) in [6.45, 7) is 4.79. The van der Waals surface area contributed by atoms with Gasteiger partial charge in [0.2, 0.25) is 0 Å². The molecule has 1 atom stereocenters. The Balaban J connectivity index is 0.00000280. The van der Waals surface area contributed by atoms with E-state index >= 15 is 4.39 Å². The molecular formula is C25H23ClFN9O. The first-order chi connectivity index (χ1) is 17.5. The van der Waals surface area contributed by atoms with Gasteiger partial charge < -0.3 is 15.4 Å². The fraction of sp³-hybridized carbons (Fsp3) is 0.200. The molecule has 0 saturated carbocycles. The Morgan fingerprint density at radius 1 is 1.14 bits per heavy atom. The summed E-state index contributed by atoms with van der Waals surface area (Å²) in [4.78, 5) is 22.0. The second kappa shape index (κ2) is 10.0. The van der Waals surface area contributed by atoms with E-state index in [0.29, 0.717) is 39.8 Å². The SMILES string of the molecule is Cc1cc(Nc2ncnc3cnc(C4=C[C@H](C)NCC4)nc23)c(F)cc1Oc1ccn2ncnc2c1.Cl. The monoisotopic (exact) mass is 519 g/mol. The molecule has 5 heterocycles. The molecule has 0 fully saturated rings. The summed E-state index contributed by atoms with van der Waals surface area (Å²) in [7, 11) is 0. The molecule has 0 radical (unpaired) electrons. The zero-order valence-corrected chi connectivity index (χ0v) is 20.8. The van der Waals surface area contributed by atoms with Crippen LogP contribution in [0.2, 0.25) is 0 Å². The van der Waals surface area contributed by atoms with Crippen molar-refractivity contribution in [2.75, 3.05) is 11.9 Å². The predicted molar refractivity (Wildman–Crippen MR) is 140 cm³/mol. The number of hydrogen-bond donors (Lipinski definition) is 2. The number of ether oxygens (including phenoxy) is 1. The van der Waals surface area contributed by atoms with Crippen LogP contribution >= 0.6 is 12.4 Å². The fourth-order valence-corrected chi connectivity index (χ4v) is 4.15. The number of nitrogens with zero attached hydrogens (tertiary/aromatic N) is 7. The Morgan fingerprint density at radius 3 is 2.89 bits per heavy atom. The maximum absolute atomic E-state index is 15.2. The van der Waals surface area contributed by atoms with Gasteiger partial charge in [0.15, 0.2) is 17.3 Å². The molecule has 37 heavy (non-hydrogen) atoms. The Kier molecular flexibility index (Phi) is 6.64. The minimum atomic E-state index is -0.491. The Hall–Kier alpha value is -4.22. The van der Waals surface area contributed by atoms with E-state index in [2.05, 4.69) is 48.7 Å². The van der Waals surface area contributed by atoms with E-state index < -0.39 is 5.82 Å². The number of aryl methyl sites for hydroxylation is 1. The molecule has 5 aromatic rings. The Labute approximate surface area is 217 Å². The molecule has 188 valence electrons. The summed E-state index contributed by atoms with van der Waals surface area (Å²) in [5.74, 6) is 1.46. The first kappa shape index (κ1) is 24.5. The third-order valence-electron chi connectivity index (χ3n) is 5.97. The number of halogens is 2. The first-order valence-electron chi connectivity index (χ1n) is 11.5. The molecule has 0 spiro atoms. The highest BCUT2D eigenvalue weighted by atomic mass is 35.5. The summed E-state index contributed by atoms with van der Waals surface area (Å²) in [6.07, 6.45) is 9.20. The number of fused-ring (bicyclic) bond motifs is 2. The fourth-order valence-electron chi connectivity index (χ4n) is 4.15. The van der Waals surface area contributed by atoms with E-state index in [-0.39, 0.29) is 24.1 Å². The number of anilines is 2. The average molecular weight is 520 g/mol. The van der Waals surface area contributed by atoms with Crippen LogP contribution in [0, 0.1) is 12.7 Å². The molecular weight excluding hydrogens is 497 g/mol. The maximum Gasteiger partial charge on any atom is 0.160 e. The average Bonchev–Trinajstić information content (AvgIpc) is 3.35. The van der Waals surface area contributed by atoms with Crippen LogP contribution in [0.5, 0.6) is 11.5 Å². The van der Waals surface area contributed by atoms with Gasteiger partial charge in [-0.3, -0.25) is 0 Å². The second-order valence-electron chi connectivity index (χ2n) is 8.58. The quantitative estimate of drug-likeness (QED) is 0.343. The van der Waals surface area contributed by atoms with Crippen molar-refractivity contribution in [3.63, 3.8) is 0 Å². The van der Waals surface area contributed by atoms with Gasteiger partial charge in [0.1, 0.15) is 41.0 Å². The Bertz CT molecular complexity index is 1640. The molecule has 0 aliphatic carbocycles. The lowest BCUT2D eigenvalue weighted by atomic mass is 10.0. The second-order valence-corrected chi connectivity index (χ2v) is 8.58. The van der Waals surface area contributed by atoms with E-state index in [1.807, 2.05) is 6.92 Å². The van der Waals surface area contributed by atoms with Crippen LogP contribution in [0.4, 0.5) is 15.9 Å². The van der Waals surface area contributed by atoms with Crippen molar-refractivity contribution in [3.8, 4) is 11.5 Å². The van der Waals surface area contributed by atoms with Gasteiger partial charge in [-0.15, -0.1) is 12.4 Å². The lowest BCUT2D eigenvalue weighted by Gasteiger charge is -2.19. The summed E-state index contributed by atoms with van der Waals surface area (Å²) < 4.78 is 22.7.